The predicted molar refractivity (Wildman–Crippen MR) is 102 cm³/mol. The van der Waals surface area contributed by atoms with E-state index in [1.165, 1.54) is 44.1 Å². The first kappa shape index (κ1) is 16.1. The highest BCUT2D eigenvalue weighted by molar-refractivity contribution is 5.60. The van der Waals surface area contributed by atoms with Crippen molar-refractivity contribution in [3.05, 3.63) is 28.8 Å². The second-order valence-electron chi connectivity index (χ2n) is 9.31. The van der Waals surface area contributed by atoms with Crippen molar-refractivity contribution < 1.29 is 0 Å². The monoisotopic (exact) mass is 321 g/mol. The van der Waals surface area contributed by atoms with Crippen LogP contribution in [-0.2, 0) is 6.42 Å². The van der Waals surface area contributed by atoms with Crippen LogP contribution in [0.1, 0.15) is 82.4 Å². The fraction of sp³-hybridized carbons (Fsp3) is 0.652. The van der Waals surface area contributed by atoms with E-state index < -0.39 is 0 Å². The van der Waals surface area contributed by atoms with Crippen LogP contribution < -0.4 is 5.73 Å². The molecular weight excluding hydrogens is 290 g/mol. The molecule has 0 amide bonds. The van der Waals surface area contributed by atoms with Crippen molar-refractivity contribution in [3.63, 3.8) is 0 Å². The molecule has 0 saturated heterocycles. The van der Waals surface area contributed by atoms with Gasteiger partial charge < -0.3 is 5.73 Å². The third kappa shape index (κ3) is 2.08. The normalized spacial score (nSPS) is 36.1. The number of aryl methyl sites for hydroxylation is 1. The van der Waals surface area contributed by atoms with E-state index in [1.54, 1.807) is 5.56 Å². The molecule has 0 heterocycles. The fourth-order valence-electron chi connectivity index (χ4n) is 6.38. The van der Waals surface area contributed by atoms with Crippen molar-refractivity contribution in [2.24, 2.45) is 22.7 Å². The summed E-state index contributed by atoms with van der Waals surface area (Å²) < 4.78 is 0. The number of rotatable bonds is 0. The molecule has 0 bridgehead atoms. The Hall–Kier alpha value is -1.42. The van der Waals surface area contributed by atoms with Gasteiger partial charge in [0.1, 0.15) is 0 Å². The first-order chi connectivity index (χ1) is 11.4. The Balaban J connectivity index is 1.74. The van der Waals surface area contributed by atoms with E-state index in [1.807, 2.05) is 6.92 Å². The van der Waals surface area contributed by atoms with Crippen LogP contribution in [-0.4, -0.2) is 0 Å². The number of hydrogen-bond acceptors (Lipinski definition) is 1. The largest absolute Gasteiger partial charge is 0.398 e. The third-order valence-electron chi connectivity index (χ3n) is 8.17. The molecule has 128 valence electrons. The van der Waals surface area contributed by atoms with Crippen LogP contribution in [0.5, 0.6) is 0 Å². The summed E-state index contributed by atoms with van der Waals surface area (Å²) in [7, 11) is 0. The van der Waals surface area contributed by atoms with Gasteiger partial charge in [0.25, 0.3) is 0 Å². The summed E-state index contributed by atoms with van der Waals surface area (Å²) in [6.07, 6.45) is 8.11. The van der Waals surface area contributed by atoms with Crippen LogP contribution in [0.3, 0.4) is 0 Å². The second kappa shape index (κ2) is 5.29. The molecule has 0 aliphatic heterocycles. The molecule has 2 fully saturated rings. The van der Waals surface area contributed by atoms with E-state index in [4.69, 9.17) is 5.73 Å². The SMILES string of the molecule is CC#Cc1cc2c(cc1N)CCC1C2CC[C@@]2(C)C1CCC2(C)C. The summed E-state index contributed by atoms with van der Waals surface area (Å²) in [5.74, 6) is 8.74. The van der Waals surface area contributed by atoms with Gasteiger partial charge in [0.2, 0.25) is 0 Å². The molecule has 24 heavy (non-hydrogen) atoms. The molecule has 4 atom stereocenters. The molecule has 3 unspecified atom stereocenters. The number of hydrogen-bond donors (Lipinski definition) is 1. The number of benzene rings is 1. The van der Waals surface area contributed by atoms with E-state index >= 15 is 0 Å². The second-order valence-corrected chi connectivity index (χ2v) is 9.31. The molecule has 3 aliphatic rings. The minimum Gasteiger partial charge on any atom is -0.398 e. The van der Waals surface area contributed by atoms with Crippen LogP contribution >= 0.6 is 0 Å². The van der Waals surface area contributed by atoms with E-state index in [2.05, 4.69) is 44.7 Å². The molecule has 0 aromatic heterocycles. The minimum atomic E-state index is 0.503. The zero-order chi connectivity index (χ0) is 17.1. The van der Waals surface area contributed by atoms with Crippen LogP contribution in [0.2, 0.25) is 0 Å². The first-order valence-electron chi connectivity index (χ1n) is 9.72. The molecule has 3 aliphatic carbocycles. The molecule has 2 saturated carbocycles. The molecular formula is C23H31N. The first-order valence-corrected chi connectivity index (χ1v) is 9.72. The van der Waals surface area contributed by atoms with Gasteiger partial charge in [-0.3, -0.25) is 0 Å². The number of fused-ring (bicyclic) bond motifs is 5. The number of nitrogen functional groups attached to an aromatic ring is 1. The lowest BCUT2D eigenvalue weighted by Crippen LogP contribution is -2.45. The smallest absolute Gasteiger partial charge is 0.0477 e. The van der Waals surface area contributed by atoms with Crippen molar-refractivity contribution in [1.82, 2.24) is 0 Å². The van der Waals surface area contributed by atoms with Gasteiger partial charge in [-0.2, -0.15) is 0 Å². The Labute approximate surface area is 147 Å². The summed E-state index contributed by atoms with van der Waals surface area (Å²) in [6.45, 7) is 9.52. The lowest BCUT2D eigenvalue weighted by molar-refractivity contribution is -0.00852. The molecule has 1 aromatic carbocycles. The van der Waals surface area contributed by atoms with Crippen LogP contribution in [0, 0.1) is 34.5 Å². The lowest BCUT2D eigenvalue weighted by atomic mass is 9.51. The van der Waals surface area contributed by atoms with Gasteiger partial charge in [0.15, 0.2) is 0 Å². The molecule has 0 spiro atoms. The Kier molecular flexibility index (Phi) is 3.54. The third-order valence-corrected chi connectivity index (χ3v) is 8.17. The predicted octanol–water partition coefficient (Wildman–Crippen LogP) is 5.52. The fourth-order valence-corrected chi connectivity index (χ4v) is 6.38. The van der Waals surface area contributed by atoms with Gasteiger partial charge in [-0.15, -0.1) is 5.92 Å². The zero-order valence-electron chi connectivity index (χ0n) is 15.7. The Bertz CT molecular complexity index is 732. The van der Waals surface area contributed by atoms with E-state index in [0.29, 0.717) is 10.8 Å². The van der Waals surface area contributed by atoms with Gasteiger partial charge in [0, 0.05) is 11.3 Å². The van der Waals surface area contributed by atoms with Gasteiger partial charge in [-0.25, -0.2) is 0 Å². The van der Waals surface area contributed by atoms with Gasteiger partial charge in [-0.05, 0) is 97.3 Å². The molecule has 2 N–H and O–H groups in total. The van der Waals surface area contributed by atoms with Crippen LogP contribution in [0.15, 0.2) is 12.1 Å². The minimum absolute atomic E-state index is 0.503. The summed E-state index contributed by atoms with van der Waals surface area (Å²) in [5.41, 5.74) is 12.2. The Morgan fingerprint density at radius 2 is 1.88 bits per heavy atom. The molecule has 1 nitrogen and oxygen atoms in total. The Morgan fingerprint density at radius 1 is 1.08 bits per heavy atom. The summed E-state index contributed by atoms with van der Waals surface area (Å²) >= 11 is 0. The lowest BCUT2D eigenvalue weighted by Gasteiger charge is -2.53. The van der Waals surface area contributed by atoms with Gasteiger partial charge in [0.05, 0.1) is 0 Å². The maximum Gasteiger partial charge on any atom is 0.0477 e. The highest BCUT2D eigenvalue weighted by Gasteiger charge is 2.57. The summed E-state index contributed by atoms with van der Waals surface area (Å²) in [4.78, 5) is 0. The maximum atomic E-state index is 6.24. The average molecular weight is 322 g/mol. The topological polar surface area (TPSA) is 26.0 Å². The highest BCUT2D eigenvalue weighted by Crippen LogP contribution is 2.67. The van der Waals surface area contributed by atoms with Crippen LogP contribution in [0.25, 0.3) is 0 Å². The van der Waals surface area contributed by atoms with E-state index in [0.717, 1.165) is 29.0 Å². The van der Waals surface area contributed by atoms with Crippen molar-refractivity contribution in [3.8, 4) is 11.8 Å². The Morgan fingerprint density at radius 3 is 2.62 bits per heavy atom. The molecule has 1 aromatic rings. The van der Waals surface area contributed by atoms with Crippen molar-refractivity contribution >= 4 is 5.69 Å². The van der Waals surface area contributed by atoms with Crippen molar-refractivity contribution in [1.29, 1.82) is 0 Å². The van der Waals surface area contributed by atoms with E-state index in [-0.39, 0.29) is 0 Å². The summed E-state index contributed by atoms with van der Waals surface area (Å²) in [5, 5.41) is 0. The molecule has 4 rings (SSSR count). The zero-order valence-corrected chi connectivity index (χ0v) is 15.7. The highest BCUT2D eigenvalue weighted by atomic mass is 14.6. The van der Waals surface area contributed by atoms with E-state index in [9.17, 15) is 0 Å². The van der Waals surface area contributed by atoms with Crippen LogP contribution in [0.4, 0.5) is 5.69 Å². The average Bonchev–Trinajstić information content (AvgIpc) is 2.78. The standard InChI is InChI=1S/C23H31N/c1-5-6-16-13-19-15(14-21(16)24)7-8-18-17(19)9-12-23(4)20(18)10-11-22(23,2)3/h13-14,17-18,20H,7-12,24H2,1-4H3/t17?,18?,20?,23-/m0/s1. The number of nitrogens with two attached hydrogens (primary N) is 1. The number of anilines is 1. The maximum absolute atomic E-state index is 6.24. The van der Waals surface area contributed by atoms with Gasteiger partial charge >= 0.3 is 0 Å². The quantitative estimate of drug-likeness (QED) is 0.494. The van der Waals surface area contributed by atoms with Crippen molar-refractivity contribution in [2.45, 2.75) is 72.1 Å². The molecule has 1 heteroatoms. The van der Waals surface area contributed by atoms with Crippen molar-refractivity contribution in [2.75, 3.05) is 5.73 Å². The van der Waals surface area contributed by atoms with Gasteiger partial charge in [-0.1, -0.05) is 26.7 Å². The summed E-state index contributed by atoms with van der Waals surface area (Å²) in [6, 6.07) is 4.55. The molecule has 0 radical (unpaired) electrons.